The van der Waals surface area contributed by atoms with Crippen LogP contribution in [0.15, 0.2) is 91.0 Å². The predicted octanol–water partition coefficient (Wildman–Crippen LogP) is 9.72. The molecule has 0 aromatic heterocycles. The van der Waals surface area contributed by atoms with Crippen molar-refractivity contribution in [2.24, 2.45) is 0 Å². The first-order valence-electron chi connectivity index (χ1n) is 12.6. The zero-order chi connectivity index (χ0) is 24.8. The molecular weight excluding hydrogens is 420 g/mol. The Morgan fingerprint density at radius 3 is 1.60 bits per heavy atom. The first-order chi connectivity index (χ1) is 16.6. The Kier molecular flexibility index (Phi) is 5.80. The molecule has 0 unspecified atom stereocenters. The lowest BCUT2D eigenvalue weighted by Crippen LogP contribution is -2.16. The van der Waals surface area contributed by atoms with Crippen molar-refractivity contribution >= 4 is 11.6 Å². The predicted molar refractivity (Wildman–Crippen MR) is 152 cm³/mol. The molecule has 0 atom stereocenters. The van der Waals surface area contributed by atoms with Crippen LogP contribution in [0, 0.1) is 6.42 Å². The van der Waals surface area contributed by atoms with Crippen LogP contribution in [0.3, 0.4) is 0 Å². The second kappa shape index (κ2) is 8.68. The van der Waals surface area contributed by atoms with Gasteiger partial charge in [0.1, 0.15) is 0 Å². The summed E-state index contributed by atoms with van der Waals surface area (Å²) in [6.07, 6.45) is 4.72. The highest BCUT2D eigenvalue weighted by atomic mass is 14.3. The van der Waals surface area contributed by atoms with Gasteiger partial charge in [-0.15, -0.1) is 0 Å². The summed E-state index contributed by atoms with van der Waals surface area (Å²) in [6.45, 7) is 13.9. The number of fused-ring (bicyclic) bond motifs is 1. The molecule has 0 saturated carbocycles. The van der Waals surface area contributed by atoms with E-state index >= 15 is 0 Å². The molecule has 0 saturated heterocycles. The van der Waals surface area contributed by atoms with Gasteiger partial charge in [-0.2, -0.15) is 0 Å². The minimum Gasteiger partial charge on any atom is -0.0622 e. The largest absolute Gasteiger partial charge is 0.0622 e. The molecule has 4 aromatic rings. The van der Waals surface area contributed by atoms with Crippen molar-refractivity contribution in [2.45, 2.75) is 52.4 Å². The third-order valence-electron chi connectivity index (χ3n) is 7.04. The van der Waals surface area contributed by atoms with Crippen molar-refractivity contribution in [3.8, 4) is 22.3 Å². The van der Waals surface area contributed by atoms with E-state index in [9.17, 15) is 0 Å². The molecule has 35 heavy (non-hydrogen) atoms. The van der Waals surface area contributed by atoms with E-state index in [1.807, 2.05) is 0 Å². The Hall–Kier alpha value is -3.38. The Labute approximate surface area is 211 Å². The molecule has 0 heterocycles. The van der Waals surface area contributed by atoms with Crippen molar-refractivity contribution in [3.63, 3.8) is 0 Å². The van der Waals surface area contributed by atoms with Gasteiger partial charge in [0.15, 0.2) is 0 Å². The van der Waals surface area contributed by atoms with Crippen LogP contribution in [0.4, 0.5) is 0 Å². The lowest BCUT2D eigenvalue weighted by atomic mass is 9.77. The molecule has 0 fully saturated rings. The topological polar surface area (TPSA) is 0 Å². The molecule has 4 aromatic carbocycles. The maximum absolute atomic E-state index is 2.42. The molecule has 0 bridgehead atoms. The molecule has 0 spiro atoms. The first-order valence-corrected chi connectivity index (χ1v) is 12.6. The van der Waals surface area contributed by atoms with Crippen LogP contribution in [-0.4, -0.2) is 0 Å². The fourth-order valence-corrected chi connectivity index (χ4v) is 4.89. The number of rotatable bonds is 3. The summed E-state index contributed by atoms with van der Waals surface area (Å²) in [5.74, 6) is 0. The molecule has 0 nitrogen and oxygen atoms in total. The summed E-state index contributed by atoms with van der Waals surface area (Å²) in [5.41, 5.74) is 13.2. The van der Waals surface area contributed by atoms with Gasteiger partial charge in [0, 0.05) is 6.42 Å². The molecule has 0 N–H and O–H groups in total. The lowest BCUT2D eigenvalue weighted by molar-refractivity contribution is 0.569. The van der Waals surface area contributed by atoms with Crippen LogP contribution in [0.1, 0.15) is 69.4 Å². The fourth-order valence-electron chi connectivity index (χ4n) is 4.89. The summed E-state index contributed by atoms with van der Waals surface area (Å²) in [4.78, 5) is 0. The second-order valence-corrected chi connectivity index (χ2v) is 11.8. The zero-order valence-electron chi connectivity index (χ0n) is 21.8. The van der Waals surface area contributed by atoms with Crippen molar-refractivity contribution < 1.29 is 0 Å². The van der Waals surface area contributed by atoms with Gasteiger partial charge in [-0.1, -0.05) is 133 Å². The van der Waals surface area contributed by atoms with E-state index in [0.29, 0.717) is 0 Å². The van der Waals surface area contributed by atoms with Crippen LogP contribution < -0.4 is 0 Å². The smallest absolute Gasteiger partial charge is 0.0211 e. The molecular formula is C35H35. The fraction of sp³-hybridized carbons (Fsp3) is 0.229. The Morgan fingerprint density at radius 1 is 0.514 bits per heavy atom. The van der Waals surface area contributed by atoms with Gasteiger partial charge >= 0.3 is 0 Å². The average Bonchev–Trinajstić information content (AvgIpc) is 3.27. The molecule has 0 aliphatic heterocycles. The Morgan fingerprint density at radius 2 is 1.06 bits per heavy atom. The first kappa shape index (κ1) is 23.4. The third-order valence-corrected chi connectivity index (χ3v) is 7.04. The van der Waals surface area contributed by atoms with E-state index in [1.165, 1.54) is 55.6 Å². The quantitative estimate of drug-likeness (QED) is 0.288. The Bertz CT molecular complexity index is 1360. The van der Waals surface area contributed by atoms with Gasteiger partial charge in [-0.05, 0) is 72.6 Å². The highest BCUT2D eigenvalue weighted by molar-refractivity contribution is 6.02. The van der Waals surface area contributed by atoms with Crippen molar-refractivity contribution in [1.29, 1.82) is 0 Å². The second-order valence-electron chi connectivity index (χ2n) is 11.8. The van der Waals surface area contributed by atoms with E-state index in [4.69, 9.17) is 0 Å². The summed E-state index contributed by atoms with van der Waals surface area (Å²) in [6, 6.07) is 33.4. The van der Waals surface area contributed by atoms with E-state index in [0.717, 1.165) is 0 Å². The maximum atomic E-state index is 2.42. The van der Waals surface area contributed by atoms with Crippen LogP contribution in [0.2, 0.25) is 0 Å². The molecule has 1 aliphatic carbocycles. The van der Waals surface area contributed by atoms with Crippen molar-refractivity contribution in [3.05, 3.63) is 125 Å². The molecule has 0 amide bonds. The average molecular weight is 456 g/mol. The standard InChI is InChI=1S/C35H35/c1-34(2,3)29-20-28(21-30(23-29)35(4,5)6)33-31(25-15-11-8-12-16-25)18-17-26-19-27(22-32(26)33)24-13-9-7-10-14-24/h7-23H,1-6H3. The van der Waals surface area contributed by atoms with Gasteiger partial charge < -0.3 is 0 Å². The number of allylic oxidation sites excluding steroid dienone is 1. The summed E-state index contributed by atoms with van der Waals surface area (Å²) >= 11 is 0. The molecule has 1 radical (unpaired) electrons. The monoisotopic (exact) mass is 455 g/mol. The number of hydrogen-bond acceptors (Lipinski definition) is 0. The van der Waals surface area contributed by atoms with Gasteiger partial charge in [0.05, 0.1) is 0 Å². The molecule has 5 rings (SSSR count). The van der Waals surface area contributed by atoms with Gasteiger partial charge in [0.25, 0.3) is 0 Å². The normalized spacial score (nSPS) is 13.5. The number of benzene rings is 4. The molecule has 175 valence electrons. The molecule has 0 heteroatoms. The molecule has 1 aliphatic rings. The van der Waals surface area contributed by atoms with Crippen LogP contribution in [-0.2, 0) is 10.8 Å². The third kappa shape index (κ3) is 4.63. The van der Waals surface area contributed by atoms with E-state index in [-0.39, 0.29) is 10.8 Å². The highest BCUT2D eigenvalue weighted by Gasteiger charge is 2.25. The minimum atomic E-state index is 0.0675. The van der Waals surface area contributed by atoms with Gasteiger partial charge in [-0.25, -0.2) is 0 Å². The summed E-state index contributed by atoms with van der Waals surface area (Å²) in [7, 11) is 0. The van der Waals surface area contributed by atoms with E-state index in [2.05, 4.69) is 145 Å². The van der Waals surface area contributed by atoms with Crippen LogP contribution in [0.25, 0.3) is 33.9 Å². The number of hydrogen-bond donors (Lipinski definition) is 0. The van der Waals surface area contributed by atoms with E-state index < -0.39 is 0 Å². The van der Waals surface area contributed by atoms with Gasteiger partial charge in [-0.3, -0.25) is 0 Å². The minimum absolute atomic E-state index is 0.0675. The van der Waals surface area contributed by atoms with Gasteiger partial charge in [0.2, 0.25) is 0 Å². The van der Waals surface area contributed by atoms with Crippen LogP contribution in [0.5, 0.6) is 0 Å². The SMILES string of the molecule is CC(C)(C)c1cc(-c2c(-c3ccccc3)ccc3c2C=C(c2ccccc2)[CH]3)cc(C(C)(C)C)c1. The summed E-state index contributed by atoms with van der Waals surface area (Å²) < 4.78 is 0. The van der Waals surface area contributed by atoms with E-state index in [1.54, 1.807) is 0 Å². The summed E-state index contributed by atoms with van der Waals surface area (Å²) in [5, 5.41) is 0. The zero-order valence-corrected chi connectivity index (χ0v) is 21.8. The maximum Gasteiger partial charge on any atom is 0.0211 e. The van der Waals surface area contributed by atoms with Crippen LogP contribution >= 0.6 is 0 Å². The highest BCUT2D eigenvalue weighted by Crippen LogP contribution is 2.45. The van der Waals surface area contributed by atoms with Crippen molar-refractivity contribution in [2.75, 3.05) is 0 Å². The van der Waals surface area contributed by atoms with Crippen molar-refractivity contribution in [1.82, 2.24) is 0 Å². The lowest BCUT2D eigenvalue weighted by Gasteiger charge is -2.27. The Balaban J connectivity index is 1.81.